The maximum Gasteiger partial charge on any atom is 0.469 e. The van der Waals surface area contributed by atoms with Gasteiger partial charge in [0.15, 0.2) is 11.7 Å². The highest BCUT2D eigenvalue weighted by Crippen LogP contribution is 2.38. The number of aliphatic hydroxyl groups excluding tert-OH is 2. The van der Waals surface area contributed by atoms with E-state index in [1.807, 2.05) is 4.98 Å². The third-order valence-electron chi connectivity index (χ3n) is 3.49. The Bertz CT molecular complexity index is 913. The van der Waals surface area contributed by atoms with E-state index >= 15 is 0 Å². The molecule has 1 aliphatic rings. The van der Waals surface area contributed by atoms with Crippen LogP contribution in [0.1, 0.15) is 6.23 Å². The fraction of sp³-hybridized carbons (Fsp3) is 0.500. The normalized spacial score (nSPS) is 27.8. The van der Waals surface area contributed by atoms with Gasteiger partial charge in [-0.05, 0) is 0 Å². The highest BCUT2D eigenvalue weighted by molar-refractivity contribution is 7.46. The Morgan fingerprint density at radius 1 is 1.29 bits per heavy atom. The van der Waals surface area contributed by atoms with E-state index in [0.717, 1.165) is 10.9 Å². The van der Waals surface area contributed by atoms with Crippen LogP contribution in [0.4, 0.5) is 0 Å². The predicted molar refractivity (Wildman–Crippen MR) is 74.9 cm³/mol. The average molecular weight is 364 g/mol. The third-order valence-corrected chi connectivity index (χ3v) is 3.97. The van der Waals surface area contributed by atoms with Crippen LogP contribution < -0.4 is 11.2 Å². The van der Waals surface area contributed by atoms with Gasteiger partial charge in [0.05, 0.1) is 12.9 Å². The molecule has 3 rings (SSSR count). The summed E-state index contributed by atoms with van der Waals surface area (Å²) in [6.45, 7) is -0.678. The molecular formula is C10H13N4O9P. The second-order valence-corrected chi connectivity index (χ2v) is 6.33. The number of imidazole rings is 1. The molecule has 14 heteroatoms. The van der Waals surface area contributed by atoms with Crippen molar-refractivity contribution in [2.24, 2.45) is 0 Å². The lowest BCUT2D eigenvalue weighted by molar-refractivity contribution is -0.0504. The van der Waals surface area contributed by atoms with Gasteiger partial charge in [-0.2, -0.15) is 0 Å². The molecule has 0 bridgehead atoms. The Balaban J connectivity index is 1.92. The number of hydrogen-bond acceptors (Lipinski definition) is 8. The van der Waals surface area contributed by atoms with Crippen LogP contribution in [0.5, 0.6) is 0 Å². The van der Waals surface area contributed by atoms with Crippen LogP contribution in [-0.4, -0.2) is 64.4 Å². The van der Waals surface area contributed by atoms with E-state index < -0.39 is 50.2 Å². The number of ether oxygens (including phenoxy) is 1. The number of rotatable bonds is 4. The van der Waals surface area contributed by atoms with Gasteiger partial charge in [-0.3, -0.25) is 23.9 Å². The second-order valence-electron chi connectivity index (χ2n) is 5.09. The van der Waals surface area contributed by atoms with Gasteiger partial charge in [-0.15, -0.1) is 0 Å². The first-order valence-electron chi connectivity index (χ1n) is 6.58. The molecule has 6 N–H and O–H groups in total. The summed E-state index contributed by atoms with van der Waals surface area (Å²) in [6, 6.07) is 0. The van der Waals surface area contributed by atoms with Crippen LogP contribution in [0.15, 0.2) is 15.9 Å². The molecule has 24 heavy (non-hydrogen) atoms. The van der Waals surface area contributed by atoms with Gasteiger partial charge < -0.3 is 24.7 Å². The summed E-state index contributed by atoms with van der Waals surface area (Å²) in [5.41, 5.74) is -1.71. The molecule has 4 atom stereocenters. The van der Waals surface area contributed by atoms with Crippen molar-refractivity contribution in [3.63, 3.8) is 0 Å². The van der Waals surface area contributed by atoms with Gasteiger partial charge in [0, 0.05) is 0 Å². The molecule has 132 valence electrons. The third kappa shape index (κ3) is 3.06. The lowest BCUT2D eigenvalue weighted by Gasteiger charge is -2.16. The largest absolute Gasteiger partial charge is 0.469 e. The molecule has 0 spiro atoms. The maximum absolute atomic E-state index is 11.6. The smallest absolute Gasteiger partial charge is 0.387 e. The van der Waals surface area contributed by atoms with Gasteiger partial charge in [-0.25, -0.2) is 14.3 Å². The number of aliphatic hydroxyl groups is 2. The summed E-state index contributed by atoms with van der Waals surface area (Å²) >= 11 is 0. The zero-order valence-corrected chi connectivity index (χ0v) is 12.7. The standard InChI is InChI=1S/C10H13N4O9P/c15-5-3(1-22-24(19,20)21)23-9(6(5)16)14-2-11-4-7(14)12-10(18)13-8(4)17/h2-3,5-6,9,15-16H,1H2,(H2,19,20,21)(H2,12,13,17,18)/t3-,5+,6-,9-/m0/s1. The molecule has 1 aliphatic heterocycles. The van der Waals surface area contributed by atoms with Crippen molar-refractivity contribution >= 4 is 19.0 Å². The molecule has 0 radical (unpaired) electrons. The zero-order chi connectivity index (χ0) is 17.6. The first-order valence-corrected chi connectivity index (χ1v) is 8.11. The molecule has 3 heterocycles. The Hall–Kier alpha value is -1.86. The first kappa shape index (κ1) is 17.0. The number of nitrogens with zero attached hydrogens (tertiary/aromatic N) is 2. The summed E-state index contributed by atoms with van der Waals surface area (Å²) in [5, 5.41) is 20.0. The van der Waals surface area contributed by atoms with Crippen molar-refractivity contribution in [2.45, 2.75) is 24.5 Å². The van der Waals surface area contributed by atoms with Gasteiger partial charge in [0.25, 0.3) is 5.56 Å². The molecule has 0 amide bonds. The number of aromatic amines is 2. The van der Waals surface area contributed by atoms with Crippen molar-refractivity contribution in [3.05, 3.63) is 27.2 Å². The van der Waals surface area contributed by atoms with Crippen LogP contribution in [0, 0.1) is 0 Å². The van der Waals surface area contributed by atoms with E-state index in [0.29, 0.717) is 0 Å². The number of phosphoric ester groups is 1. The van der Waals surface area contributed by atoms with Crippen LogP contribution in [0.25, 0.3) is 11.2 Å². The summed E-state index contributed by atoms with van der Waals surface area (Å²) in [4.78, 5) is 48.5. The minimum Gasteiger partial charge on any atom is -0.387 e. The van der Waals surface area contributed by atoms with Gasteiger partial charge >= 0.3 is 13.5 Å². The molecule has 1 saturated heterocycles. The SMILES string of the molecule is O=c1[nH]c(=O)c2ncn([C@H]3O[C@@H](COP(=O)(O)O)[C@@H](O)[C@@H]3O)c2[nH]1. The van der Waals surface area contributed by atoms with Crippen LogP contribution in [0.2, 0.25) is 0 Å². The van der Waals surface area contributed by atoms with Gasteiger partial charge in [0.1, 0.15) is 24.0 Å². The van der Waals surface area contributed by atoms with E-state index in [1.165, 1.54) is 0 Å². The monoisotopic (exact) mass is 364 g/mol. The molecule has 1 fully saturated rings. The van der Waals surface area contributed by atoms with Crippen LogP contribution >= 0.6 is 7.82 Å². The van der Waals surface area contributed by atoms with E-state index in [4.69, 9.17) is 14.5 Å². The molecule has 13 nitrogen and oxygen atoms in total. The van der Waals surface area contributed by atoms with Crippen molar-refractivity contribution in [1.82, 2.24) is 19.5 Å². The fourth-order valence-corrected chi connectivity index (χ4v) is 2.75. The first-order chi connectivity index (χ1) is 11.2. The topological polar surface area (TPSA) is 200 Å². The Morgan fingerprint density at radius 3 is 2.67 bits per heavy atom. The Kier molecular flexibility index (Phi) is 4.17. The Labute approximate surface area is 131 Å². The number of hydrogen-bond donors (Lipinski definition) is 6. The average Bonchev–Trinajstić information content (AvgIpc) is 3.00. The highest BCUT2D eigenvalue weighted by Gasteiger charge is 2.45. The van der Waals surface area contributed by atoms with Crippen LogP contribution in [-0.2, 0) is 13.8 Å². The number of nitrogens with one attached hydrogen (secondary N) is 2. The Morgan fingerprint density at radius 2 is 2.00 bits per heavy atom. The van der Waals surface area contributed by atoms with Crippen LogP contribution in [0.3, 0.4) is 0 Å². The van der Waals surface area contributed by atoms with Crippen molar-refractivity contribution < 1.29 is 33.8 Å². The van der Waals surface area contributed by atoms with Gasteiger partial charge in [0.2, 0.25) is 0 Å². The molecule has 0 aliphatic carbocycles. The minimum absolute atomic E-state index is 0.0449. The number of H-pyrrole nitrogens is 2. The van der Waals surface area contributed by atoms with E-state index in [2.05, 4.69) is 14.5 Å². The molecule has 0 aromatic carbocycles. The molecule has 2 aromatic rings. The summed E-state index contributed by atoms with van der Waals surface area (Å²) in [7, 11) is -4.78. The quantitative estimate of drug-likeness (QED) is 0.307. The predicted octanol–water partition coefficient (Wildman–Crippen LogP) is -2.86. The second kappa shape index (κ2) is 5.89. The fourth-order valence-electron chi connectivity index (χ4n) is 2.41. The molecule has 0 unspecified atom stereocenters. The zero-order valence-electron chi connectivity index (χ0n) is 11.8. The highest BCUT2D eigenvalue weighted by atomic mass is 31.2. The summed E-state index contributed by atoms with van der Waals surface area (Å²) < 4.78 is 21.4. The van der Waals surface area contributed by atoms with Crippen molar-refractivity contribution in [3.8, 4) is 0 Å². The van der Waals surface area contributed by atoms with Crippen molar-refractivity contribution in [1.29, 1.82) is 0 Å². The number of aromatic nitrogens is 4. The number of phosphoric acid groups is 1. The maximum atomic E-state index is 11.6. The lowest BCUT2D eigenvalue weighted by atomic mass is 10.1. The summed E-state index contributed by atoms with van der Waals surface area (Å²) in [5.74, 6) is 0. The molecule has 2 aromatic heterocycles. The van der Waals surface area contributed by atoms with E-state index in [-0.39, 0.29) is 11.2 Å². The van der Waals surface area contributed by atoms with E-state index in [9.17, 15) is 24.4 Å². The van der Waals surface area contributed by atoms with Crippen molar-refractivity contribution in [2.75, 3.05) is 6.61 Å². The number of fused-ring (bicyclic) bond motifs is 1. The van der Waals surface area contributed by atoms with Gasteiger partial charge in [-0.1, -0.05) is 0 Å². The molecule has 0 saturated carbocycles. The minimum atomic E-state index is -4.78. The summed E-state index contributed by atoms with van der Waals surface area (Å²) in [6.07, 6.45) is -4.43. The van der Waals surface area contributed by atoms with E-state index in [1.54, 1.807) is 0 Å². The lowest BCUT2D eigenvalue weighted by Crippen LogP contribution is -2.33. The molecular weight excluding hydrogens is 351 g/mol.